The molecule has 104 valence electrons. The number of aryl methyl sites for hydroxylation is 1. The van der Waals surface area contributed by atoms with E-state index in [0.717, 1.165) is 5.69 Å². The number of nitrogens with zero attached hydrogens (tertiary/aromatic N) is 1. The number of nitrogen functional groups attached to an aromatic ring is 1. The minimum atomic E-state index is -0.321. The minimum absolute atomic E-state index is 0.252. The molecule has 0 spiro atoms. The Morgan fingerprint density at radius 1 is 1.35 bits per heavy atom. The predicted octanol–water partition coefficient (Wildman–Crippen LogP) is 2.30. The summed E-state index contributed by atoms with van der Waals surface area (Å²) in [5, 5.41) is 2.73. The molecule has 2 rings (SSSR count). The second-order valence-electron chi connectivity index (χ2n) is 4.44. The van der Waals surface area contributed by atoms with Crippen LogP contribution in [0.1, 0.15) is 28.5 Å². The number of nitrogens with one attached hydrogen (secondary N) is 1. The highest BCUT2D eigenvalue weighted by Crippen LogP contribution is 2.09. The summed E-state index contributed by atoms with van der Waals surface area (Å²) in [6.07, 6.45) is 0.704. The Labute approximate surface area is 116 Å². The van der Waals surface area contributed by atoms with Crippen LogP contribution >= 0.6 is 0 Å². The molecule has 1 aromatic carbocycles. The summed E-state index contributed by atoms with van der Waals surface area (Å²) >= 11 is 0. The van der Waals surface area contributed by atoms with Gasteiger partial charge in [-0.25, -0.2) is 9.37 Å². The second kappa shape index (κ2) is 6.14. The summed E-state index contributed by atoms with van der Waals surface area (Å²) < 4.78 is 13.0. The summed E-state index contributed by atoms with van der Waals surface area (Å²) in [7, 11) is 0. The van der Waals surface area contributed by atoms with Crippen molar-refractivity contribution in [1.82, 2.24) is 10.3 Å². The fourth-order valence-corrected chi connectivity index (χ4v) is 1.85. The summed E-state index contributed by atoms with van der Waals surface area (Å²) in [4.78, 5) is 16.1. The largest absolute Gasteiger partial charge is 0.384 e. The molecule has 0 radical (unpaired) electrons. The molecular formula is C15H16FN3O. The molecule has 3 N–H and O–H groups in total. The number of carbonyl (C=O) groups is 1. The lowest BCUT2D eigenvalue weighted by molar-refractivity contribution is 0.0950. The third-order valence-corrected chi connectivity index (χ3v) is 2.86. The maximum atomic E-state index is 13.0. The highest BCUT2D eigenvalue weighted by Gasteiger charge is 2.08. The van der Waals surface area contributed by atoms with Crippen molar-refractivity contribution in [2.75, 3.05) is 5.73 Å². The smallest absolute Gasteiger partial charge is 0.251 e. The van der Waals surface area contributed by atoms with Gasteiger partial charge in [0, 0.05) is 17.8 Å². The van der Waals surface area contributed by atoms with Crippen molar-refractivity contribution in [2.45, 2.75) is 19.9 Å². The van der Waals surface area contributed by atoms with Gasteiger partial charge in [0.15, 0.2) is 0 Å². The number of carbonyl (C=O) groups excluding carboxylic acids is 1. The molecule has 5 heteroatoms. The number of aromatic nitrogens is 1. The van der Waals surface area contributed by atoms with E-state index in [0.29, 0.717) is 23.4 Å². The van der Waals surface area contributed by atoms with Crippen molar-refractivity contribution in [2.24, 2.45) is 0 Å². The average Bonchev–Trinajstić information content (AvgIpc) is 2.44. The Balaban J connectivity index is 2.07. The number of benzene rings is 1. The lowest BCUT2D eigenvalue weighted by Crippen LogP contribution is -2.23. The second-order valence-corrected chi connectivity index (χ2v) is 4.44. The summed E-state index contributed by atoms with van der Waals surface area (Å²) in [5.74, 6) is -0.253. The Hall–Kier alpha value is -2.43. The molecule has 20 heavy (non-hydrogen) atoms. The van der Waals surface area contributed by atoms with Crippen LogP contribution in [0.5, 0.6) is 0 Å². The van der Waals surface area contributed by atoms with Gasteiger partial charge in [0.25, 0.3) is 5.91 Å². The van der Waals surface area contributed by atoms with Crippen LogP contribution in [-0.2, 0) is 13.0 Å². The van der Waals surface area contributed by atoms with Gasteiger partial charge in [-0.1, -0.05) is 19.1 Å². The zero-order valence-electron chi connectivity index (χ0n) is 11.2. The minimum Gasteiger partial charge on any atom is -0.384 e. The van der Waals surface area contributed by atoms with Gasteiger partial charge in [-0.15, -0.1) is 0 Å². The highest BCUT2D eigenvalue weighted by atomic mass is 19.1. The number of pyridine rings is 1. The number of rotatable bonds is 4. The van der Waals surface area contributed by atoms with Crippen molar-refractivity contribution in [1.29, 1.82) is 0 Å². The summed E-state index contributed by atoms with van der Waals surface area (Å²) in [6.45, 7) is 2.20. The topological polar surface area (TPSA) is 68.0 Å². The Kier molecular flexibility index (Phi) is 4.30. The first-order valence-corrected chi connectivity index (χ1v) is 6.37. The van der Waals surface area contributed by atoms with Gasteiger partial charge in [0.2, 0.25) is 0 Å². The molecule has 0 fully saturated rings. The molecular weight excluding hydrogens is 257 g/mol. The molecule has 1 heterocycles. The zero-order valence-corrected chi connectivity index (χ0v) is 11.2. The number of hydrogen-bond acceptors (Lipinski definition) is 3. The van der Waals surface area contributed by atoms with Crippen molar-refractivity contribution in [3.8, 4) is 0 Å². The lowest BCUT2D eigenvalue weighted by Gasteiger charge is -2.07. The predicted molar refractivity (Wildman–Crippen MR) is 75.6 cm³/mol. The third-order valence-electron chi connectivity index (χ3n) is 2.86. The van der Waals surface area contributed by atoms with E-state index >= 15 is 0 Å². The van der Waals surface area contributed by atoms with Crippen LogP contribution in [0, 0.1) is 5.82 Å². The van der Waals surface area contributed by atoms with Gasteiger partial charge >= 0.3 is 0 Å². The molecule has 1 amide bonds. The van der Waals surface area contributed by atoms with Crippen LogP contribution in [0.15, 0.2) is 36.4 Å². The van der Waals surface area contributed by atoms with E-state index in [4.69, 9.17) is 5.73 Å². The van der Waals surface area contributed by atoms with Crippen LogP contribution in [0.3, 0.4) is 0 Å². The van der Waals surface area contributed by atoms with Gasteiger partial charge in [-0.05, 0) is 36.2 Å². The maximum absolute atomic E-state index is 13.0. The normalized spacial score (nSPS) is 10.3. The van der Waals surface area contributed by atoms with Crippen molar-refractivity contribution in [3.05, 3.63) is 59.0 Å². The quantitative estimate of drug-likeness (QED) is 0.898. The van der Waals surface area contributed by atoms with Gasteiger partial charge < -0.3 is 11.1 Å². The molecule has 0 aliphatic carbocycles. The van der Waals surface area contributed by atoms with E-state index in [-0.39, 0.29) is 18.3 Å². The monoisotopic (exact) mass is 273 g/mol. The number of anilines is 1. The molecule has 0 aliphatic rings. The van der Waals surface area contributed by atoms with Gasteiger partial charge in [-0.2, -0.15) is 0 Å². The van der Waals surface area contributed by atoms with Crippen LogP contribution in [0.4, 0.5) is 10.2 Å². The molecule has 0 unspecified atom stereocenters. The lowest BCUT2D eigenvalue weighted by atomic mass is 10.1. The standard InChI is InChI=1S/C15H16FN3O/c1-2-13-7-11(8-14(17)19-13)15(20)18-9-10-4-3-5-12(16)6-10/h3-8H,2,9H2,1H3,(H2,17,19)(H,18,20). The molecule has 0 saturated heterocycles. The van der Waals surface area contributed by atoms with Gasteiger partial charge in [0.1, 0.15) is 11.6 Å². The molecule has 4 nitrogen and oxygen atoms in total. The van der Waals surface area contributed by atoms with Crippen molar-refractivity contribution in [3.63, 3.8) is 0 Å². The Bertz CT molecular complexity index is 628. The highest BCUT2D eigenvalue weighted by molar-refractivity contribution is 5.94. The summed E-state index contributed by atoms with van der Waals surface area (Å²) in [6, 6.07) is 9.34. The third kappa shape index (κ3) is 3.54. The average molecular weight is 273 g/mol. The SMILES string of the molecule is CCc1cc(C(=O)NCc2cccc(F)c2)cc(N)n1. The van der Waals surface area contributed by atoms with Gasteiger partial charge in [-0.3, -0.25) is 4.79 Å². The molecule has 0 atom stereocenters. The van der Waals surface area contributed by atoms with Gasteiger partial charge in [0.05, 0.1) is 0 Å². The molecule has 1 aromatic heterocycles. The molecule has 0 aliphatic heterocycles. The fraction of sp³-hybridized carbons (Fsp3) is 0.200. The van der Waals surface area contributed by atoms with E-state index in [9.17, 15) is 9.18 Å². The van der Waals surface area contributed by atoms with E-state index in [1.807, 2.05) is 6.92 Å². The Morgan fingerprint density at radius 3 is 2.85 bits per heavy atom. The number of amides is 1. The van der Waals surface area contributed by atoms with E-state index in [2.05, 4.69) is 10.3 Å². The maximum Gasteiger partial charge on any atom is 0.251 e. The molecule has 0 bridgehead atoms. The molecule has 2 aromatic rings. The van der Waals surface area contributed by atoms with Crippen LogP contribution < -0.4 is 11.1 Å². The number of nitrogens with two attached hydrogens (primary N) is 1. The van der Waals surface area contributed by atoms with E-state index < -0.39 is 0 Å². The van der Waals surface area contributed by atoms with Crippen LogP contribution in [0.2, 0.25) is 0 Å². The van der Waals surface area contributed by atoms with E-state index in [1.54, 1.807) is 18.2 Å². The fourth-order valence-electron chi connectivity index (χ4n) is 1.85. The number of hydrogen-bond donors (Lipinski definition) is 2. The number of halogens is 1. The first kappa shape index (κ1) is 14.0. The summed E-state index contributed by atoms with van der Waals surface area (Å²) in [5.41, 5.74) is 7.59. The first-order valence-electron chi connectivity index (χ1n) is 6.37. The van der Waals surface area contributed by atoms with Crippen molar-refractivity contribution >= 4 is 11.7 Å². The zero-order chi connectivity index (χ0) is 14.5. The molecule has 0 saturated carbocycles. The van der Waals surface area contributed by atoms with E-state index in [1.165, 1.54) is 18.2 Å². The van der Waals surface area contributed by atoms with Crippen LogP contribution in [0.25, 0.3) is 0 Å². The van der Waals surface area contributed by atoms with Crippen molar-refractivity contribution < 1.29 is 9.18 Å². The Morgan fingerprint density at radius 2 is 2.15 bits per heavy atom. The first-order chi connectivity index (χ1) is 9.58. The van der Waals surface area contributed by atoms with Crippen LogP contribution in [-0.4, -0.2) is 10.9 Å².